The lowest BCUT2D eigenvalue weighted by atomic mass is 10.3. The molecule has 0 unspecified atom stereocenters. The highest BCUT2D eigenvalue weighted by molar-refractivity contribution is 9.10. The smallest absolute Gasteiger partial charge is 0.262 e. The van der Waals surface area contributed by atoms with E-state index in [1.807, 2.05) is 24.3 Å². The summed E-state index contributed by atoms with van der Waals surface area (Å²) in [5, 5.41) is 6.68. The Hall–Kier alpha value is -1.82. The largest absolute Gasteiger partial charge is 0.480 e. The summed E-state index contributed by atoms with van der Waals surface area (Å²) in [6, 6.07) is 7.34. The lowest BCUT2D eigenvalue weighted by molar-refractivity contribution is -0.118. The molecular formula is C12H12BrN3O2. The van der Waals surface area contributed by atoms with Crippen molar-refractivity contribution < 1.29 is 9.53 Å². The molecule has 0 fully saturated rings. The number of carbonyl (C=O) groups is 1. The zero-order valence-corrected chi connectivity index (χ0v) is 11.3. The number of rotatable bonds is 4. The van der Waals surface area contributed by atoms with Crippen LogP contribution in [0.5, 0.6) is 5.75 Å². The van der Waals surface area contributed by atoms with Gasteiger partial charge in [0.2, 0.25) is 0 Å². The Bertz CT molecular complexity index is 537. The Morgan fingerprint density at radius 1 is 1.44 bits per heavy atom. The first-order valence-electron chi connectivity index (χ1n) is 5.30. The molecule has 1 aromatic heterocycles. The molecule has 0 saturated carbocycles. The first-order chi connectivity index (χ1) is 8.63. The topological polar surface area (TPSA) is 56.1 Å². The fourth-order valence-electron chi connectivity index (χ4n) is 1.35. The highest BCUT2D eigenvalue weighted by Gasteiger charge is 2.04. The van der Waals surface area contributed by atoms with E-state index in [9.17, 15) is 4.79 Å². The van der Waals surface area contributed by atoms with Gasteiger partial charge in [-0.3, -0.25) is 9.48 Å². The fourth-order valence-corrected chi connectivity index (χ4v) is 1.62. The van der Waals surface area contributed by atoms with Gasteiger partial charge in [0.05, 0.1) is 12.4 Å². The van der Waals surface area contributed by atoms with E-state index in [1.54, 1.807) is 24.1 Å². The van der Waals surface area contributed by atoms with E-state index in [-0.39, 0.29) is 12.5 Å². The van der Waals surface area contributed by atoms with Crippen molar-refractivity contribution in [2.24, 2.45) is 7.05 Å². The lowest BCUT2D eigenvalue weighted by Gasteiger charge is -2.05. The third-order valence-electron chi connectivity index (χ3n) is 2.18. The van der Waals surface area contributed by atoms with E-state index >= 15 is 0 Å². The number of hydrogen-bond donors (Lipinski definition) is 1. The molecule has 2 rings (SSSR count). The van der Waals surface area contributed by atoms with E-state index in [0.717, 1.165) is 10.2 Å². The molecule has 1 aromatic carbocycles. The van der Waals surface area contributed by atoms with Crippen LogP contribution >= 0.6 is 15.9 Å². The van der Waals surface area contributed by atoms with Crippen molar-refractivity contribution in [3.8, 4) is 5.75 Å². The molecule has 0 radical (unpaired) electrons. The van der Waals surface area contributed by atoms with Crippen LogP contribution in [0.2, 0.25) is 0 Å². The van der Waals surface area contributed by atoms with Crippen LogP contribution < -0.4 is 10.1 Å². The molecule has 1 heterocycles. The summed E-state index contributed by atoms with van der Waals surface area (Å²) in [5.41, 5.74) is 0.734. The van der Waals surface area contributed by atoms with E-state index in [4.69, 9.17) is 4.74 Å². The summed E-state index contributed by atoms with van der Waals surface area (Å²) in [7, 11) is 1.79. The van der Waals surface area contributed by atoms with Crippen molar-refractivity contribution in [2.75, 3.05) is 11.9 Å². The Labute approximate surface area is 113 Å². The number of benzene rings is 1. The van der Waals surface area contributed by atoms with Crippen molar-refractivity contribution in [1.82, 2.24) is 9.78 Å². The van der Waals surface area contributed by atoms with Gasteiger partial charge in [0.15, 0.2) is 12.4 Å². The van der Waals surface area contributed by atoms with Crippen LogP contribution in [-0.2, 0) is 11.8 Å². The van der Waals surface area contributed by atoms with Crippen molar-refractivity contribution >= 4 is 27.5 Å². The Kier molecular flexibility index (Phi) is 3.99. The van der Waals surface area contributed by atoms with E-state index < -0.39 is 0 Å². The summed E-state index contributed by atoms with van der Waals surface area (Å²) in [6.45, 7) is -0.0399. The first kappa shape index (κ1) is 12.6. The molecule has 0 aliphatic heterocycles. The fraction of sp³-hybridized carbons (Fsp3) is 0.167. The van der Waals surface area contributed by atoms with E-state index in [2.05, 4.69) is 26.3 Å². The average molecular weight is 310 g/mol. The number of nitrogens with zero attached hydrogens (tertiary/aromatic N) is 2. The van der Waals surface area contributed by atoms with Gasteiger partial charge in [0.1, 0.15) is 0 Å². The predicted molar refractivity (Wildman–Crippen MR) is 71.5 cm³/mol. The number of hydrogen-bond acceptors (Lipinski definition) is 3. The van der Waals surface area contributed by atoms with Crippen molar-refractivity contribution in [2.45, 2.75) is 0 Å². The molecule has 0 spiro atoms. The maximum Gasteiger partial charge on any atom is 0.262 e. The minimum absolute atomic E-state index is 0.0399. The molecular weight excluding hydrogens is 298 g/mol. The third kappa shape index (κ3) is 3.59. The highest BCUT2D eigenvalue weighted by Crippen LogP contribution is 2.14. The quantitative estimate of drug-likeness (QED) is 0.942. The maximum absolute atomic E-state index is 11.6. The van der Waals surface area contributed by atoms with Crippen molar-refractivity contribution in [3.05, 3.63) is 41.1 Å². The van der Waals surface area contributed by atoms with Gasteiger partial charge >= 0.3 is 0 Å². The van der Waals surface area contributed by atoms with Crippen LogP contribution in [0.1, 0.15) is 0 Å². The molecule has 0 saturated heterocycles. The van der Waals surface area contributed by atoms with Gasteiger partial charge < -0.3 is 10.1 Å². The highest BCUT2D eigenvalue weighted by atomic mass is 79.9. The van der Waals surface area contributed by atoms with Crippen LogP contribution in [0, 0.1) is 0 Å². The zero-order valence-electron chi connectivity index (χ0n) is 9.76. The number of halogens is 1. The van der Waals surface area contributed by atoms with Crippen LogP contribution in [0.15, 0.2) is 41.1 Å². The van der Waals surface area contributed by atoms with Crippen LogP contribution in [0.25, 0.3) is 0 Å². The van der Waals surface area contributed by atoms with Crippen LogP contribution in [0.3, 0.4) is 0 Å². The van der Waals surface area contributed by atoms with Crippen molar-refractivity contribution in [3.63, 3.8) is 0 Å². The van der Waals surface area contributed by atoms with Gasteiger partial charge in [-0.2, -0.15) is 5.10 Å². The van der Waals surface area contributed by atoms with Crippen LogP contribution in [0.4, 0.5) is 5.69 Å². The van der Waals surface area contributed by atoms with Gasteiger partial charge in [-0.25, -0.2) is 0 Å². The second-order valence-corrected chi connectivity index (χ2v) is 4.61. The first-order valence-corrected chi connectivity index (χ1v) is 6.09. The standard InChI is InChI=1S/C12H12BrN3O2/c1-16-7-11(6-14-16)18-8-12(17)15-10-4-2-9(13)3-5-10/h2-7H,8H2,1H3,(H,15,17). The van der Waals surface area contributed by atoms with Gasteiger partial charge in [-0.15, -0.1) is 0 Å². The normalized spacial score (nSPS) is 10.1. The van der Waals surface area contributed by atoms with Crippen LogP contribution in [-0.4, -0.2) is 22.3 Å². The number of carbonyl (C=O) groups excluding carboxylic acids is 1. The monoisotopic (exact) mass is 309 g/mol. The van der Waals surface area contributed by atoms with Gasteiger partial charge in [-0.05, 0) is 24.3 Å². The molecule has 94 valence electrons. The summed E-state index contributed by atoms with van der Waals surface area (Å²) < 4.78 is 7.86. The summed E-state index contributed by atoms with van der Waals surface area (Å²) in [4.78, 5) is 11.6. The number of ether oxygens (including phenoxy) is 1. The Morgan fingerprint density at radius 3 is 2.78 bits per heavy atom. The summed E-state index contributed by atoms with van der Waals surface area (Å²) in [5.74, 6) is 0.365. The SMILES string of the molecule is Cn1cc(OCC(=O)Nc2ccc(Br)cc2)cn1. The van der Waals surface area contributed by atoms with Crippen molar-refractivity contribution in [1.29, 1.82) is 0 Å². The lowest BCUT2D eigenvalue weighted by Crippen LogP contribution is -2.19. The minimum atomic E-state index is -0.207. The Balaban J connectivity index is 1.83. The number of aryl methyl sites for hydroxylation is 1. The van der Waals surface area contributed by atoms with Gasteiger partial charge in [-0.1, -0.05) is 15.9 Å². The van der Waals surface area contributed by atoms with Gasteiger partial charge in [0.25, 0.3) is 5.91 Å². The number of amides is 1. The predicted octanol–water partition coefficient (Wildman–Crippen LogP) is 2.20. The molecule has 1 amide bonds. The summed E-state index contributed by atoms with van der Waals surface area (Å²) >= 11 is 3.33. The number of aromatic nitrogens is 2. The Morgan fingerprint density at radius 2 is 2.17 bits per heavy atom. The molecule has 6 heteroatoms. The second-order valence-electron chi connectivity index (χ2n) is 3.69. The molecule has 18 heavy (non-hydrogen) atoms. The minimum Gasteiger partial charge on any atom is -0.480 e. The molecule has 0 atom stereocenters. The third-order valence-corrected chi connectivity index (χ3v) is 2.71. The number of anilines is 1. The average Bonchev–Trinajstić information content (AvgIpc) is 2.76. The molecule has 0 aliphatic rings. The maximum atomic E-state index is 11.6. The van der Waals surface area contributed by atoms with E-state index in [1.165, 1.54) is 0 Å². The molecule has 1 N–H and O–H groups in total. The molecule has 0 bridgehead atoms. The molecule has 2 aromatic rings. The zero-order chi connectivity index (χ0) is 13.0. The second kappa shape index (κ2) is 5.68. The summed E-state index contributed by atoms with van der Waals surface area (Å²) in [6.07, 6.45) is 3.26. The number of nitrogens with one attached hydrogen (secondary N) is 1. The molecule has 0 aliphatic carbocycles. The van der Waals surface area contributed by atoms with E-state index in [0.29, 0.717) is 5.75 Å². The molecule has 5 nitrogen and oxygen atoms in total. The van der Waals surface area contributed by atoms with Gasteiger partial charge in [0, 0.05) is 17.2 Å².